The van der Waals surface area contributed by atoms with Crippen LogP contribution in [0.15, 0.2) is 48.6 Å². The number of aliphatic hydroxyl groups excluding tert-OH is 7. The maximum absolute atomic E-state index is 13.7. The van der Waals surface area contributed by atoms with Crippen LogP contribution in [0, 0.1) is 16.7 Å². The van der Waals surface area contributed by atoms with Gasteiger partial charge in [0.05, 0.1) is 84.8 Å². The van der Waals surface area contributed by atoms with Crippen molar-refractivity contribution in [2.75, 3.05) is 35.0 Å². The highest BCUT2D eigenvalue weighted by Crippen LogP contribution is 2.71. The molecular formula is C70H108O29. The van der Waals surface area contributed by atoms with Gasteiger partial charge in [-0.25, -0.2) is 4.79 Å². The summed E-state index contributed by atoms with van der Waals surface area (Å²) in [6.45, 7) is 13.0. The van der Waals surface area contributed by atoms with Gasteiger partial charge in [0.2, 0.25) is 0 Å². The van der Waals surface area contributed by atoms with Gasteiger partial charge >= 0.3 is 5.97 Å². The second-order valence-electron chi connectivity index (χ2n) is 29.6. The number of methoxy groups -OCH3 is 4. The largest absolute Gasteiger partial charge is 0.458 e. The highest BCUT2D eigenvalue weighted by Gasteiger charge is 2.82. The van der Waals surface area contributed by atoms with Crippen LogP contribution in [0.4, 0.5) is 0 Å². The minimum absolute atomic E-state index is 0.0443. The SMILES string of the molecule is CO[C@H]1[C@@H](O)[C@H](O[C@H]2[C@H](O)C[C@H](O[C@@H]3[C@@H](C)O[C@@H](O[C@H]4[C@@H](OC)C[C@H](O[C@H]5[C@@H](OC)C[C@H](O[C@H]6CC[C@]7(C)[C@H]8C[C@@H](OC(=O)/C=C/c9ccccc9)[C@@]9(C)[C@](O)(CC[C@@]9(O)[C@H](C)O)[C@]8(O)C=C[C@@]7(O)C6)O[C@@H]5C)O[C@@H]4C)C[C@H]3OC)O[C@@H]2C)O[C@H](C)[C@H]1O[C@@H]1O[C@H](CO)[C@@H](O)[C@H](O)[C@H]1O. The molecule has 6 aliphatic heterocycles. The Hall–Kier alpha value is -2.91. The summed E-state index contributed by atoms with van der Waals surface area (Å²) in [5.74, 6) is -1.61. The molecule has 1 aromatic carbocycles. The van der Waals surface area contributed by atoms with Crippen molar-refractivity contribution in [3.05, 3.63) is 54.1 Å². The van der Waals surface area contributed by atoms with Crippen molar-refractivity contribution in [2.24, 2.45) is 16.7 Å². The molecule has 0 aromatic heterocycles. The predicted octanol–water partition coefficient (Wildman–Crippen LogP) is 0.674. The molecule has 11 rings (SSSR count). The van der Waals surface area contributed by atoms with Crippen molar-refractivity contribution in [1.82, 2.24) is 0 Å². The van der Waals surface area contributed by atoms with E-state index in [1.54, 1.807) is 54.3 Å². The quantitative estimate of drug-likeness (QED) is 0.0458. The Morgan fingerprint density at radius 2 is 1.09 bits per heavy atom. The van der Waals surface area contributed by atoms with Gasteiger partial charge in [0.15, 0.2) is 37.7 Å². The monoisotopic (exact) mass is 1410 g/mol. The van der Waals surface area contributed by atoms with E-state index in [9.17, 15) is 61.0 Å². The van der Waals surface area contributed by atoms with Crippen molar-refractivity contribution in [3.63, 3.8) is 0 Å². The second kappa shape index (κ2) is 30.5. The number of carbonyl (C=O) groups is 1. The Labute approximate surface area is 577 Å². The first-order valence-corrected chi connectivity index (χ1v) is 35.0. The fraction of sp³-hybridized carbons (Fsp3) is 0.843. The molecule has 29 heteroatoms. The lowest BCUT2D eigenvalue weighted by molar-refractivity contribution is -0.373. The van der Waals surface area contributed by atoms with E-state index in [0.29, 0.717) is 12.8 Å². The van der Waals surface area contributed by atoms with Crippen LogP contribution < -0.4 is 0 Å². The minimum Gasteiger partial charge on any atom is -0.458 e. The first kappa shape index (κ1) is 77.2. The molecule has 562 valence electrons. The van der Waals surface area contributed by atoms with Crippen LogP contribution in [0.25, 0.3) is 6.08 Å². The van der Waals surface area contributed by atoms with Gasteiger partial charge in [-0.05, 0) is 85.3 Å². The molecule has 36 atom stereocenters. The third-order valence-electron chi connectivity index (χ3n) is 24.1. The van der Waals surface area contributed by atoms with Gasteiger partial charge < -0.3 is 137 Å². The topological polar surface area (TPSA) is 397 Å². The summed E-state index contributed by atoms with van der Waals surface area (Å²) >= 11 is 0. The zero-order valence-corrected chi connectivity index (χ0v) is 58.6. The highest BCUT2D eigenvalue weighted by molar-refractivity contribution is 5.87. The van der Waals surface area contributed by atoms with Crippen LogP contribution in [0.5, 0.6) is 0 Å². The van der Waals surface area contributed by atoms with E-state index in [0.717, 1.165) is 5.56 Å². The molecule has 3 saturated carbocycles. The number of ether oxygens (including phenoxy) is 17. The average Bonchev–Trinajstić information content (AvgIpc) is 1.60. The molecule has 1 aromatic rings. The molecule has 0 bridgehead atoms. The summed E-state index contributed by atoms with van der Waals surface area (Å²) in [4.78, 5) is 13.7. The van der Waals surface area contributed by atoms with Crippen molar-refractivity contribution in [2.45, 2.75) is 320 Å². The van der Waals surface area contributed by atoms with Crippen LogP contribution in [-0.4, -0.2) is 298 Å². The predicted molar refractivity (Wildman–Crippen MR) is 342 cm³/mol. The molecule has 0 radical (unpaired) electrons. The van der Waals surface area contributed by atoms with E-state index >= 15 is 0 Å². The number of benzene rings is 1. The number of aliphatic hydroxyl groups is 11. The molecule has 11 N–H and O–H groups in total. The maximum atomic E-state index is 13.7. The van der Waals surface area contributed by atoms with E-state index in [1.807, 2.05) is 58.0 Å². The van der Waals surface area contributed by atoms with E-state index in [1.165, 1.54) is 26.2 Å². The molecule has 10 aliphatic rings. The average molecular weight is 1410 g/mol. The smallest absolute Gasteiger partial charge is 0.331 e. The Morgan fingerprint density at radius 1 is 0.576 bits per heavy atom. The molecule has 4 aliphatic carbocycles. The van der Waals surface area contributed by atoms with Crippen LogP contribution in [-0.2, 0) is 85.3 Å². The van der Waals surface area contributed by atoms with Crippen molar-refractivity contribution >= 4 is 12.0 Å². The fourth-order valence-corrected chi connectivity index (χ4v) is 18.2. The summed E-state index contributed by atoms with van der Waals surface area (Å²) in [6.07, 6.45) is -21.1. The standard InChI is InChI=1S/C70H108O29/c1-33-57(98-64-56(78)62(86-12)61(37(5)91-64)99-63-55(77)54(76)53(75)45(32-71)93-63)41(73)26-49(87-33)95-58-35(3)89-51(28-43(58)84-10)97-60-36(4)90-52(29-44(60)85-11)96-59-34(2)88-50(27-42(59)83-9)92-40-20-21-65(7)46-30-47(94-48(74)19-18-39-16-14-13-15-17-39)66(8)68(80,38(6)72)24-25-70(66,82)69(46,81)23-22-67(65,79)31-40/h13-19,22-23,33-38,40-47,49-64,71-73,75-82H,20-21,24-32H2,1-12H3/b19-18+/t33-,34-,35-,36-,37-,38+,40+,41-,42+,43-,44+,45-,46-,47-,49+,50+,51+,52+,53-,54+,55-,56-,57-,58-,59-,60-,61-,62+,63+,64+,65-,66-,67-,68-,69+,70-/m1/s1. The molecule has 0 amide bonds. The third-order valence-corrected chi connectivity index (χ3v) is 24.1. The summed E-state index contributed by atoms with van der Waals surface area (Å²) in [5.41, 5.74) is -9.78. The van der Waals surface area contributed by atoms with Gasteiger partial charge in [-0.15, -0.1) is 0 Å². The zero-order chi connectivity index (χ0) is 71.6. The third kappa shape index (κ3) is 14.2. The number of rotatable bonds is 21. The first-order chi connectivity index (χ1) is 46.8. The van der Waals surface area contributed by atoms with E-state index in [-0.39, 0.29) is 51.4 Å². The van der Waals surface area contributed by atoms with Crippen LogP contribution >= 0.6 is 0 Å². The highest BCUT2D eigenvalue weighted by atomic mass is 16.8. The van der Waals surface area contributed by atoms with Gasteiger partial charge in [0.25, 0.3) is 0 Å². The zero-order valence-electron chi connectivity index (χ0n) is 58.6. The summed E-state index contributed by atoms with van der Waals surface area (Å²) < 4.78 is 106. The molecule has 29 nitrogen and oxygen atoms in total. The van der Waals surface area contributed by atoms with Gasteiger partial charge in [0, 0.05) is 78.0 Å². The van der Waals surface area contributed by atoms with Crippen molar-refractivity contribution in [1.29, 1.82) is 0 Å². The van der Waals surface area contributed by atoms with Crippen molar-refractivity contribution < 1.29 is 141 Å². The summed E-state index contributed by atoms with van der Waals surface area (Å²) in [6, 6.07) is 9.18. The first-order valence-electron chi connectivity index (χ1n) is 35.0. The normalized spacial score (nSPS) is 51.2. The van der Waals surface area contributed by atoms with Crippen LogP contribution in [0.2, 0.25) is 0 Å². The van der Waals surface area contributed by atoms with Gasteiger partial charge in [-0.3, -0.25) is 0 Å². The molecule has 6 saturated heterocycles. The molecule has 0 unspecified atom stereocenters. The molecule has 9 fully saturated rings. The number of carbonyl (C=O) groups excluding carboxylic acids is 1. The Bertz CT molecular complexity index is 2880. The lowest BCUT2D eigenvalue weighted by Crippen LogP contribution is -2.80. The lowest BCUT2D eigenvalue weighted by Gasteiger charge is -2.68. The van der Waals surface area contributed by atoms with E-state index < -0.39 is 230 Å². The fourth-order valence-electron chi connectivity index (χ4n) is 18.2. The molecular weight excluding hydrogens is 1300 g/mol. The molecule has 99 heavy (non-hydrogen) atoms. The number of fused-ring (bicyclic) bond motifs is 5. The lowest BCUT2D eigenvalue weighted by atomic mass is 9.41. The van der Waals surface area contributed by atoms with E-state index in [4.69, 9.17) is 80.5 Å². The molecule has 0 spiro atoms. The Kier molecular flexibility index (Phi) is 23.8. The summed E-state index contributed by atoms with van der Waals surface area (Å²) in [7, 11) is 6.05. The molecule has 6 heterocycles. The number of hydrogen-bond donors (Lipinski definition) is 11. The van der Waals surface area contributed by atoms with Crippen molar-refractivity contribution in [3.8, 4) is 0 Å². The van der Waals surface area contributed by atoms with Gasteiger partial charge in [-0.2, -0.15) is 0 Å². The van der Waals surface area contributed by atoms with Gasteiger partial charge in [-0.1, -0.05) is 56.3 Å². The maximum Gasteiger partial charge on any atom is 0.331 e. The van der Waals surface area contributed by atoms with E-state index in [2.05, 4.69) is 0 Å². The summed E-state index contributed by atoms with van der Waals surface area (Å²) in [5, 5.41) is 126. The Morgan fingerprint density at radius 3 is 1.62 bits per heavy atom. The van der Waals surface area contributed by atoms with Crippen LogP contribution in [0.1, 0.15) is 125 Å². The number of esters is 1. The van der Waals surface area contributed by atoms with Gasteiger partial charge in [0.1, 0.15) is 90.1 Å². The number of hydrogen-bond acceptors (Lipinski definition) is 29. The second-order valence-corrected chi connectivity index (χ2v) is 29.6. The van der Waals surface area contributed by atoms with Crippen LogP contribution in [0.3, 0.4) is 0 Å². The Balaban J connectivity index is 0.660. The minimum atomic E-state index is -2.11.